The van der Waals surface area contributed by atoms with Crippen molar-refractivity contribution in [2.45, 2.75) is 0 Å². The summed E-state index contributed by atoms with van der Waals surface area (Å²) >= 11 is 2.24. The van der Waals surface area contributed by atoms with Crippen molar-refractivity contribution in [3.8, 4) is 17.4 Å². The highest BCUT2D eigenvalue weighted by atomic mass is 127. The monoisotopic (exact) mass is 364 g/mol. The molecule has 2 aromatic carbocycles. The van der Waals surface area contributed by atoms with Gasteiger partial charge in [-0.05, 0) is 69.4 Å². The van der Waals surface area contributed by atoms with Crippen molar-refractivity contribution in [2.75, 3.05) is 0 Å². The highest BCUT2D eigenvalue weighted by molar-refractivity contribution is 14.1. The number of halogens is 1. The summed E-state index contributed by atoms with van der Waals surface area (Å²) in [7, 11) is 0. The van der Waals surface area contributed by atoms with E-state index in [2.05, 4.69) is 38.1 Å². The summed E-state index contributed by atoms with van der Waals surface area (Å²) in [5.41, 5.74) is 0.855. The van der Waals surface area contributed by atoms with E-state index in [1.165, 1.54) is 0 Å². The summed E-state index contributed by atoms with van der Waals surface area (Å²) in [5, 5.41) is 11.5. The van der Waals surface area contributed by atoms with Crippen molar-refractivity contribution in [1.82, 2.24) is 20.2 Å². The molecule has 1 heterocycles. The Morgan fingerprint density at radius 3 is 2.42 bits per heavy atom. The number of aromatic nitrogens is 4. The lowest BCUT2D eigenvalue weighted by Crippen LogP contribution is -1.99. The van der Waals surface area contributed by atoms with Gasteiger partial charge in [0.15, 0.2) is 0 Å². The van der Waals surface area contributed by atoms with E-state index in [-0.39, 0.29) is 0 Å². The third-order valence-corrected chi connectivity index (χ3v) is 3.18. The van der Waals surface area contributed by atoms with E-state index in [1.54, 1.807) is 4.68 Å². The van der Waals surface area contributed by atoms with Crippen LogP contribution in [0.3, 0.4) is 0 Å². The van der Waals surface area contributed by atoms with Gasteiger partial charge in [0, 0.05) is 3.57 Å². The number of benzene rings is 2. The smallest absolute Gasteiger partial charge is 0.345 e. The quantitative estimate of drug-likeness (QED) is 0.671. The van der Waals surface area contributed by atoms with Gasteiger partial charge in [0.05, 0.1) is 5.69 Å². The van der Waals surface area contributed by atoms with E-state index in [9.17, 15) is 0 Å². The molecule has 0 aliphatic carbocycles. The van der Waals surface area contributed by atoms with E-state index < -0.39 is 0 Å². The minimum atomic E-state index is 0.340. The summed E-state index contributed by atoms with van der Waals surface area (Å²) in [5.74, 6) is 0.701. The minimum absolute atomic E-state index is 0.340. The van der Waals surface area contributed by atoms with Gasteiger partial charge < -0.3 is 4.74 Å². The fraction of sp³-hybridized carbons (Fsp3) is 0. The number of para-hydroxylation sites is 1. The lowest BCUT2D eigenvalue weighted by Gasteiger charge is -2.05. The average molecular weight is 364 g/mol. The Labute approximate surface area is 123 Å². The highest BCUT2D eigenvalue weighted by Crippen LogP contribution is 2.21. The van der Waals surface area contributed by atoms with Gasteiger partial charge in [0.1, 0.15) is 5.75 Å². The SMILES string of the molecule is Ic1ccc(Oc2nnnn2-c2ccccc2)cc1. The second-order valence-corrected chi connectivity index (χ2v) is 5.01. The average Bonchev–Trinajstić information content (AvgIpc) is 2.90. The van der Waals surface area contributed by atoms with Gasteiger partial charge in [0.2, 0.25) is 0 Å². The zero-order valence-electron chi connectivity index (χ0n) is 9.77. The van der Waals surface area contributed by atoms with Crippen molar-refractivity contribution < 1.29 is 4.74 Å². The first-order valence-corrected chi connectivity index (χ1v) is 6.68. The molecule has 6 heteroatoms. The Morgan fingerprint density at radius 2 is 1.68 bits per heavy atom. The van der Waals surface area contributed by atoms with Crippen LogP contribution in [0.2, 0.25) is 0 Å². The second-order valence-electron chi connectivity index (χ2n) is 3.76. The molecule has 19 heavy (non-hydrogen) atoms. The van der Waals surface area contributed by atoms with Gasteiger partial charge in [-0.15, -0.1) is 0 Å². The predicted molar refractivity (Wildman–Crippen MR) is 78.4 cm³/mol. The standard InChI is InChI=1S/C13H9IN4O/c14-10-6-8-12(9-7-10)19-13-15-16-17-18(13)11-4-2-1-3-5-11/h1-9H. The molecule has 0 aliphatic rings. The van der Waals surface area contributed by atoms with Gasteiger partial charge in [0.25, 0.3) is 0 Å². The van der Waals surface area contributed by atoms with Crippen molar-refractivity contribution in [2.24, 2.45) is 0 Å². The molecule has 0 bridgehead atoms. The van der Waals surface area contributed by atoms with Crippen molar-refractivity contribution in [1.29, 1.82) is 0 Å². The van der Waals surface area contributed by atoms with Crippen molar-refractivity contribution >= 4 is 22.6 Å². The maximum atomic E-state index is 5.68. The van der Waals surface area contributed by atoms with Crippen molar-refractivity contribution in [3.63, 3.8) is 0 Å². The maximum Gasteiger partial charge on any atom is 0.345 e. The molecule has 0 saturated carbocycles. The molecule has 5 nitrogen and oxygen atoms in total. The van der Waals surface area contributed by atoms with Gasteiger partial charge in [-0.2, -0.15) is 4.68 Å². The first-order chi connectivity index (χ1) is 9.33. The zero-order valence-corrected chi connectivity index (χ0v) is 11.9. The molecule has 94 valence electrons. The first kappa shape index (κ1) is 12.1. The third kappa shape index (κ3) is 2.73. The molecule has 0 atom stereocenters. The van der Waals surface area contributed by atoms with Crippen LogP contribution in [0.5, 0.6) is 11.8 Å². The van der Waals surface area contributed by atoms with Gasteiger partial charge in [-0.3, -0.25) is 0 Å². The predicted octanol–water partition coefficient (Wildman–Crippen LogP) is 3.06. The van der Waals surface area contributed by atoms with Gasteiger partial charge in [-0.25, -0.2) is 0 Å². The van der Waals surface area contributed by atoms with Gasteiger partial charge >= 0.3 is 6.01 Å². The van der Waals surface area contributed by atoms with Crippen LogP contribution in [-0.2, 0) is 0 Å². The van der Waals surface area contributed by atoms with Gasteiger partial charge in [-0.1, -0.05) is 23.3 Å². The number of ether oxygens (including phenoxy) is 1. The summed E-state index contributed by atoms with van der Waals surface area (Å²) < 4.78 is 8.38. The number of nitrogens with zero attached hydrogens (tertiary/aromatic N) is 4. The molecule has 0 radical (unpaired) electrons. The Hall–Kier alpha value is -1.96. The van der Waals surface area contributed by atoms with Crippen LogP contribution < -0.4 is 4.74 Å². The maximum absolute atomic E-state index is 5.68. The first-order valence-electron chi connectivity index (χ1n) is 5.60. The molecule has 0 spiro atoms. The normalized spacial score (nSPS) is 10.4. The lowest BCUT2D eigenvalue weighted by atomic mass is 10.3. The zero-order chi connectivity index (χ0) is 13.1. The van der Waals surface area contributed by atoms with Crippen LogP contribution >= 0.6 is 22.6 Å². The van der Waals surface area contributed by atoms with Crippen LogP contribution in [0.1, 0.15) is 0 Å². The van der Waals surface area contributed by atoms with E-state index >= 15 is 0 Å². The third-order valence-electron chi connectivity index (χ3n) is 2.46. The molecule has 0 amide bonds. The molecule has 3 rings (SSSR count). The summed E-state index contributed by atoms with van der Waals surface area (Å²) in [6.07, 6.45) is 0. The number of hydrogen-bond acceptors (Lipinski definition) is 4. The van der Waals surface area contributed by atoms with Crippen LogP contribution in [0.15, 0.2) is 54.6 Å². The fourth-order valence-corrected chi connectivity index (χ4v) is 1.94. The number of tetrazole rings is 1. The van der Waals surface area contributed by atoms with Crippen LogP contribution in [0.4, 0.5) is 0 Å². The summed E-state index contributed by atoms with van der Waals surface area (Å²) in [4.78, 5) is 0. The Kier molecular flexibility index (Phi) is 3.41. The molecule has 3 aromatic rings. The largest absolute Gasteiger partial charge is 0.423 e. The molecule has 0 unspecified atom stereocenters. The lowest BCUT2D eigenvalue weighted by molar-refractivity contribution is 0.427. The molecule has 1 aromatic heterocycles. The minimum Gasteiger partial charge on any atom is -0.423 e. The Morgan fingerprint density at radius 1 is 0.947 bits per heavy atom. The van der Waals surface area contributed by atoms with Crippen molar-refractivity contribution in [3.05, 3.63) is 58.2 Å². The number of rotatable bonds is 3. The van der Waals surface area contributed by atoms with Crippen LogP contribution in [0.25, 0.3) is 5.69 Å². The van der Waals surface area contributed by atoms with E-state index in [0.29, 0.717) is 11.8 Å². The topological polar surface area (TPSA) is 52.8 Å². The molecule has 0 N–H and O–H groups in total. The molecular weight excluding hydrogens is 355 g/mol. The molecule has 0 aliphatic heterocycles. The van der Waals surface area contributed by atoms with E-state index in [4.69, 9.17) is 4.74 Å². The Balaban J connectivity index is 1.91. The van der Waals surface area contributed by atoms with Crippen LogP contribution in [-0.4, -0.2) is 20.2 Å². The van der Waals surface area contributed by atoms with E-state index in [1.807, 2.05) is 54.6 Å². The molecule has 0 saturated heterocycles. The highest BCUT2D eigenvalue weighted by Gasteiger charge is 2.09. The molecular formula is C13H9IN4O. The molecule has 0 fully saturated rings. The van der Waals surface area contributed by atoms with E-state index in [0.717, 1.165) is 9.26 Å². The Bertz CT molecular complexity index is 667. The summed E-state index contributed by atoms with van der Waals surface area (Å²) in [6, 6.07) is 17.6. The fourth-order valence-electron chi connectivity index (χ4n) is 1.58. The summed E-state index contributed by atoms with van der Waals surface area (Å²) in [6.45, 7) is 0. The second kappa shape index (κ2) is 5.35. The number of hydrogen-bond donors (Lipinski definition) is 0. The van der Waals surface area contributed by atoms with Crippen LogP contribution in [0, 0.1) is 3.57 Å².